The van der Waals surface area contributed by atoms with Gasteiger partial charge >= 0.3 is 0 Å². The molecule has 0 unspecified atom stereocenters. The number of carbonyl (C=O) groups is 1. The maximum absolute atomic E-state index is 12.6. The molecule has 1 heterocycles. The average molecular weight is 374 g/mol. The Bertz CT molecular complexity index is 925. The fourth-order valence-electron chi connectivity index (χ4n) is 3.13. The third-order valence-electron chi connectivity index (χ3n) is 4.41. The second-order valence-corrected chi connectivity index (χ2v) is 8.06. The molecule has 6 nitrogen and oxygen atoms in total. The Balaban J connectivity index is 1.75. The zero-order chi connectivity index (χ0) is 18.7. The van der Waals surface area contributed by atoms with Gasteiger partial charge in [0.2, 0.25) is 15.9 Å². The van der Waals surface area contributed by atoms with Crippen LogP contribution in [0.15, 0.2) is 47.4 Å². The molecule has 1 amide bonds. The van der Waals surface area contributed by atoms with Gasteiger partial charge in [0.05, 0.1) is 11.5 Å². The van der Waals surface area contributed by atoms with E-state index >= 15 is 0 Å². The van der Waals surface area contributed by atoms with E-state index in [0.717, 1.165) is 22.4 Å². The number of hydrogen-bond donors (Lipinski definition) is 1. The third kappa shape index (κ3) is 3.95. The highest BCUT2D eigenvalue weighted by Crippen LogP contribution is 2.30. The van der Waals surface area contributed by atoms with E-state index in [2.05, 4.69) is 4.72 Å². The zero-order valence-corrected chi connectivity index (χ0v) is 15.7. The Kier molecular flexibility index (Phi) is 5.41. The van der Waals surface area contributed by atoms with E-state index in [-0.39, 0.29) is 17.3 Å². The van der Waals surface area contributed by atoms with Crippen LogP contribution < -0.4 is 9.62 Å². The minimum absolute atomic E-state index is 0.0339. The molecule has 0 radical (unpaired) electrons. The van der Waals surface area contributed by atoms with Crippen molar-refractivity contribution in [3.63, 3.8) is 0 Å². The first-order valence-electron chi connectivity index (χ1n) is 8.38. The van der Waals surface area contributed by atoms with Crippen LogP contribution in [0, 0.1) is 0 Å². The summed E-state index contributed by atoms with van der Waals surface area (Å²) in [6, 6.07) is 12.5. The molecular weight excluding hydrogens is 352 g/mol. The number of sulfonamides is 1. The van der Waals surface area contributed by atoms with Crippen LogP contribution in [-0.2, 0) is 39.1 Å². The highest BCUT2D eigenvalue weighted by molar-refractivity contribution is 7.89. The lowest BCUT2D eigenvalue weighted by Gasteiger charge is -2.15. The van der Waals surface area contributed by atoms with E-state index in [1.54, 1.807) is 30.2 Å². The van der Waals surface area contributed by atoms with Crippen molar-refractivity contribution in [1.29, 1.82) is 0 Å². The number of methoxy groups -OCH3 is 1. The van der Waals surface area contributed by atoms with E-state index in [1.165, 1.54) is 6.92 Å². The summed E-state index contributed by atoms with van der Waals surface area (Å²) in [5.74, 6) is -0.0339. The number of carbonyl (C=O) groups excluding carboxylic acids is 1. The van der Waals surface area contributed by atoms with Crippen LogP contribution in [0.1, 0.15) is 23.6 Å². The van der Waals surface area contributed by atoms with Crippen LogP contribution >= 0.6 is 0 Å². The van der Waals surface area contributed by atoms with E-state index < -0.39 is 10.0 Å². The van der Waals surface area contributed by atoms with Crippen molar-refractivity contribution in [3.05, 3.63) is 59.2 Å². The van der Waals surface area contributed by atoms with E-state index in [0.29, 0.717) is 19.6 Å². The Morgan fingerprint density at radius 2 is 1.96 bits per heavy atom. The van der Waals surface area contributed by atoms with Crippen molar-refractivity contribution in [2.24, 2.45) is 0 Å². The normalized spacial score (nSPS) is 13.7. The fraction of sp³-hybridized carbons (Fsp3) is 0.316. The smallest absolute Gasteiger partial charge is 0.240 e. The van der Waals surface area contributed by atoms with Crippen molar-refractivity contribution >= 4 is 21.6 Å². The number of ether oxygens (including phenoxy) is 1. The first-order valence-corrected chi connectivity index (χ1v) is 9.86. The number of benzene rings is 2. The molecule has 26 heavy (non-hydrogen) atoms. The molecule has 0 spiro atoms. The van der Waals surface area contributed by atoms with Crippen LogP contribution in [0.3, 0.4) is 0 Å². The van der Waals surface area contributed by atoms with Crippen LogP contribution in [0.25, 0.3) is 0 Å². The molecule has 0 bridgehead atoms. The quantitative estimate of drug-likeness (QED) is 0.841. The Labute approximate surface area is 153 Å². The summed E-state index contributed by atoms with van der Waals surface area (Å²) in [5, 5.41) is 0. The number of amides is 1. The second-order valence-electron chi connectivity index (χ2n) is 6.29. The van der Waals surface area contributed by atoms with E-state index in [4.69, 9.17) is 4.74 Å². The van der Waals surface area contributed by atoms with Gasteiger partial charge in [0.1, 0.15) is 0 Å². The van der Waals surface area contributed by atoms with E-state index in [9.17, 15) is 13.2 Å². The molecule has 2 aromatic rings. The third-order valence-corrected chi connectivity index (χ3v) is 5.80. The number of fused-ring (bicyclic) bond motifs is 1. The maximum atomic E-state index is 12.6. The molecular formula is C19H22N2O4S. The van der Waals surface area contributed by atoms with Gasteiger partial charge < -0.3 is 9.64 Å². The van der Waals surface area contributed by atoms with Gasteiger partial charge in [-0.25, -0.2) is 13.1 Å². The van der Waals surface area contributed by atoms with Crippen molar-refractivity contribution < 1.29 is 17.9 Å². The lowest BCUT2D eigenvalue weighted by molar-refractivity contribution is -0.116. The monoisotopic (exact) mass is 374 g/mol. The fourth-order valence-corrected chi connectivity index (χ4v) is 4.20. The molecule has 1 N–H and O–H groups in total. The first kappa shape index (κ1) is 18.6. The van der Waals surface area contributed by atoms with Gasteiger partial charge in [0, 0.05) is 32.8 Å². The Morgan fingerprint density at radius 3 is 2.69 bits per heavy atom. The molecule has 3 rings (SSSR count). The van der Waals surface area contributed by atoms with Crippen molar-refractivity contribution in [1.82, 2.24) is 4.72 Å². The number of nitrogens with one attached hydrogen (secondary N) is 1. The summed E-state index contributed by atoms with van der Waals surface area (Å²) >= 11 is 0. The van der Waals surface area contributed by atoms with Crippen LogP contribution in [0.5, 0.6) is 0 Å². The van der Waals surface area contributed by atoms with Gasteiger partial charge in [-0.1, -0.05) is 24.3 Å². The number of anilines is 1. The van der Waals surface area contributed by atoms with Crippen molar-refractivity contribution in [2.75, 3.05) is 18.6 Å². The molecule has 0 atom stereocenters. The second kappa shape index (κ2) is 7.57. The first-order chi connectivity index (χ1) is 12.4. The number of hydrogen-bond acceptors (Lipinski definition) is 4. The van der Waals surface area contributed by atoms with Crippen molar-refractivity contribution in [2.45, 2.75) is 31.4 Å². The zero-order valence-electron chi connectivity index (χ0n) is 14.9. The van der Waals surface area contributed by atoms with Crippen LogP contribution in [0.2, 0.25) is 0 Å². The highest BCUT2D eigenvalue weighted by Gasteiger charge is 2.24. The van der Waals surface area contributed by atoms with Gasteiger partial charge in [0.15, 0.2) is 0 Å². The average Bonchev–Trinajstić information content (AvgIpc) is 3.04. The Hall–Kier alpha value is -2.22. The number of rotatable bonds is 6. The van der Waals surface area contributed by atoms with Crippen molar-refractivity contribution in [3.8, 4) is 0 Å². The van der Waals surface area contributed by atoms with Gasteiger partial charge in [-0.2, -0.15) is 0 Å². The Morgan fingerprint density at radius 1 is 1.19 bits per heavy atom. The van der Waals surface area contributed by atoms with Crippen LogP contribution in [-0.4, -0.2) is 28.0 Å². The van der Waals surface area contributed by atoms with Gasteiger partial charge in [-0.05, 0) is 41.3 Å². The lowest BCUT2D eigenvalue weighted by Crippen LogP contribution is -2.26. The SMILES string of the molecule is COCc1cccc(CNS(=O)(=O)c2ccc3c(c2)CCN3C(C)=O)c1. The minimum Gasteiger partial charge on any atom is -0.380 e. The number of nitrogens with zero attached hydrogens (tertiary/aromatic N) is 1. The molecule has 138 valence electrons. The molecule has 0 saturated heterocycles. The topological polar surface area (TPSA) is 75.7 Å². The largest absolute Gasteiger partial charge is 0.380 e. The molecule has 0 fully saturated rings. The predicted octanol–water partition coefficient (Wildman–Crippen LogP) is 2.22. The van der Waals surface area contributed by atoms with Crippen LogP contribution in [0.4, 0.5) is 5.69 Å². The van der Waals surface area contributed by atoms with E-state index in [1.807, 2.05) is 24.3 Å². The van der Waals surface area contributed by atoms with Gasteiger partial charge in [-0.15, -0.1) is 0 Å². The summed E-state index contributed by atoms with van der Waals surface area (Å²) in [6.07, 6.45) is 0.664. The molecule has 7 heteroatoms. The summed E-state index contributed by atoms with van der Waals surface area (Å²) in [7, 11) is -2.01. The predicted molar refractivity (Wildman–Crippen MR) is 99.4 cm³/mol. The lowest BCUT2D eigenvalue weighted by atomic mass is 10.1. The summed E-state index contributed by atoms with van der Waals surface area (Å²) in [6.45, 7) is 2.79. The van der Waals surface area contributed by atoms with Gasteiger partial charge in [0.25, 0.3) is 0 Å². The molecule has 0 saturated carbocycles. The highest BCUT2D eigenvalue weighted by atomic mass is 32.2. The molecule has 2 aromatic carbocycles. The molecule has 1 aliphatic rings. The maximum Gasteiger partial charge on any atom is 0.240 e. The molecule has 0 aliphatic carbocycles. The minimum atomic E-state index is -3.63. The van der Waals surface area contributed by atoms with Gasteiger partial charge in [-0.3, -0.25) is 4.79 Å². The summed E-state index contributed by atoms with van der Waals surface area (Å²) in [5.41, 5.74) is 3.53. The molecule has 1 aliphatic heterocycles. The summed E-state index contributed by atoms with van der Waals surface area (Å²) in [4.78, 5) is 13.5. The summed E-state index contributed by atoms with van der Waals surface area (Å²) < 4.78 is 33.0. The molecule has 0 aromatic heterocycles. The standard InChI is InChI=1S/C19H22N2O4S/c1-14(22)21-9-8-17-11-18(6-7-19(17)21)26(23,24)20-12-15-4-3-5-16(10-15)13-25-2/h3-7,10-11,20H,8-9,12-13H2,1-2H3.